The molecule has 2 fully saturated rings. The van der Waals surface area contributed by atoms with Crippen molar-refractivity contribution in [2.75, 3.05) is 13.7 Å². The molecule has 2 aliphatic rings. The molecule has 1 aliphatic heterocycles. The lowest BCUT2D eigenvalue weighted by atomic mass is 9.83. The van der Waals surface area contributed by atoms with Crippen molar-refractivity contribution in [1.29, 1.82) is 0 Å². The second-order valence-electron chi connectivity index (χ2n) is 6.33. The lowest BCUT2D eigenvalue weighted by Gasteiger charge is -2.40. The molecule has 2 amide bonds. The number of piperidine rings is 1. The van der Waals surface area contributed by atoms with Crippen molar-refractivity contribution in [3.63, 3.8) is 0 Å². The van der Waals surface area contributed by atoms with Crippen LogP contribution in [0.3, 0.4) is 0 Å². The maximum atomic E-state index is 12.6. The second kappa shape index (κ2) is 6.60. The Morgan fingerprint density at radius 1 is 1.26 bits per heavy atom. The molecule has 5 nitrogen and oxygen atoms in total. The van der Waals surface area contributed by atoms with Crippen molar-refractivity contribution in [2.24, 2.45) is 5.92 Å². The minimum absolute atomic E-state index is 0.0827. The fraction of sp³-hybridized carbons (Fsp3) is 0.556. The van der Waals surface area contributed by atoms with Crippen LogP contribution < -0.4 is 10.1 Å². The first-order valence-corrected chi connectivity index (χ1v) is 8.37. The number of likely N-dealkylation sites (tertiary alicyclic amines) is 1. The number of carbonyl (C=O) groups excluding carboxylic acids is 2. The highest BCUT2D eigenvalue weighted by Gasteiger charge is 2.41. The Bertz CT molecular complexity index is 580. The Balaban J connectivity index is 1.88. The summed E-state index contributed by atoms with van der Waals surface area (Å²) in [6.07, 6.45) is 3.21. The van der Waals surface area contributed by atoms with E-state index >= 15 is 0 Å². The van der Waals surface area contributed by atoms with Crippen molar-refractivity contribution in [3.8, 4) is 5.75 Å². The molecule has 1 aromatic rings. The van der Waals surface area contributed by atoms with Crippen LogP contribution in [0.5, 0.6) is 5.75 Å². The molecule has 1 saturated carbocycles. The quantitative estimate of drug-likeness (QED) is 0.906. The molecule has 1 aliphatic carbocycles. The first-order chi connectivity index (χ1) is 11.1. The Morgan fingerprint density at radius 3 is 2.52 bits per heavy atom. The largest absolute Gasteiger partial charge is 0.497 e. The van der Waals surface area contributed by atoms with Gasteiger partial charge in [0.05, 0.1) is 19.1 Å². The first-order valence-electron chi connectivity index (χ1n) is 8.37. The fourth-order valence-corrected chi connectivity index (χ4v) is 3.35. The number of benzene rings is 1. The Labute approximate surface area is 137 Å². The first kappa shape index (κ1) is 15.8. The second-order valence-corrected chi connectivity index (χ2v) is 6.33. The predicted molar refractivity (Wildman–Crippen MR) is 87.0 cm³/mol. The van der Waals surface area contributed by atoms with Gasteiger partial charge in [0.2, 0.25) is 11.8 Å². The summed E-state index contributed by atoms with van der Waals surface area (Å²) < 4.78 is 5.21. The van der Waals surface area contributed by atoms with Crippen molar-refractivity contribution >= 4 is 11.8 Å². The molecule has 0 aromatic heterocycles. The molecule has 23 heavy (non-hydrogen) atoms. The third-order valence-corrected chi connectivity index (χ3v) is 4.76. The SMILES string of the molecule is CCN1C(=O)CC[C@@H](C(=O)NC2CC2)[C@@H]1c1ccc(OC)cc1. The lowest BCUT2D eigenvalue weighted by Crippen LogP contribution is -2.48. The molecule has 1 heterocycles. The van der Waals surface area contributed by atoms with Gasteiger partial charge in [-0.15, -0.1) is 0 Å². The van der Waals surface area contributed by atoms with Crippen LogP contribution in [0, 0.1) is 5.92 Å². The zero-order chi connectivity index (χ0) is 16.4. The van der Waals surface area contributed by atoms with Crippen LogP contribution in [0.2, 0.25) is 0 Å². The van der Waals surface area contributed by atoms with Crippen molar-refractivity contribution in [2.45, 2.75) is 44.7 Å². The van der Waals surface area contributed by atoms with E-state index in [4.69, 9.17) is 4.74 Å². The van der Waals surface area contributed by atoms with Gasteiger partial charge in [0.1, 0.15) is 5.75 Å². The van der Waals surface area contributed by atoms with Crippen LogP contribution in [-0.4, -0.2) is 36.4 Å². The van der Waals surface area contributed by atoms with E-state index in [2.05, 4.69) is 5.32 Å². The van der Waals surface area contributed by atoms with Gasteiger partial charge in [0.25, 0.3) is 0 Å². The average molecular weight is 316 g/mol. The summed E-state index contributed by atoms with van der Waals surface area (Å²) in [5, 5.41) is 3.10. The van der Waals surface area contributed by atoms with Gasteiger partial charge in [-0.2, -0.15) is 0 Å². The highest BCUT2D eigenvalue weighted by molar-refractivity contribution is 5.85. The summed E-state index contributed by atoms with van der Waals surface area (Å²) in [5.74, 6) is 0.808. The Kier molecular flexibility index (Phi) is 4.55. The zero-order valence-electron chi connectivity index (χ0n) is 13.7. The third kappa shape index (κ3) is 3.33. The van der Waals surface area contributed by atoms with Gasteiger partial charge < -0.3 is 15.0 Å². The maximum Gasteiger partial charge on any atom is 0.225 e. The number of nitrogens with one attached hydrogen (secondary N) is 1. The van der Waals surface area contributed by atoms with Crippen molar-refractivity contribution < 1.29 is 14.3 Å². The van der Waals surface area contributed by atoms with Gasteiger partial charge in [-0.25, -0.2) is 0 Å². The van der Waals surface area contributed by atoms with Crippen LogP contribution in [0.4, 0.5) is 0 Å². The summed E-state index contributed by atoms with van der Waals surface area (Å²) in [7, 11) is 1.63. The number of carbonyl (C=O) groups is 2. The van der Waals surface area contributed by atoms with Crippen LogP contribution in [0.1, 0.15) is 44.2 Å². The average Bonchev–Trinajstić information content (AvgIpc) is 3.38. The van der Waals surface area contributed by atoms with E-state index in [1.165, 1.54) is 0 Å². The van der Waals surface area contributed by atoms with Crippen LogP contribution in [0.15, 0.2) is 24.3 Å². The third-order valence-electron chi connectivity index (χ3n) is 4.76. The van der Waals surface area contributed by atoms with Crippen LogP contribution >= 0.6 is 0 Å². The molecule has 0 bridgehead atoms. The smallest absolute Gasteiger partial charge is 0.225 e. The fourth-order valence-electron chi connectivity index (χ4n) is 3.35. The molecule has 2 atom stereocenters. The number of methoxy groups -OCH3 is 1. The van der Waals surface area contributed by atoms with E-state index in [0.717, 1.165) is 24.2 Å². The minimum atomic E-state index is -0.189. The summed E-state index contributed by atoms with van der Waals surface area (Å²) in [5.41, 5.74) is 0.997. The number of nitrogens with zero attached hydrogens (tertiary/aromatic N) is 1. The summed E-state index contributed by atoms with van der Waals surface area (Å²) in [6.45, 7) is 2.58. The van der Waals surface area contributed by atoms with Crippen LogP contribution in [0.25, 0.3) is 0 Å². The normalized spacial score (nSPS) is 24.4. The molecule has 0 unspecified atom stereocenters. The zero-order valence-corrected chi connectivity index (χ0v) is 13.7. The standard InChI is InChI=1S/C18H24N2O3/c1-3-20-16(21)11-10-15(18(22)19-13-6-7-13)17(20)12-4-8-14(23-2)9-5-12/h4-5,8-9,13,15,17H,3,6-7,10-11H2,1-2H3,(H,19,22)/t15-,17+/m1/s1. The van der Waals surface area contributed by atoms with E-state index in [1.807, 2.05) is 36.1 Å². The van der Waals surface area contributed by atoms with Gasteiger partial charge in [0.15, 0.2) is 0 Å². The molecule has 0 radical (unpaired) electrons. The van der Waals surface area contributed by atoms with E-state index in [1.54, 1.807) is 7.11 Å². The van der Waals surface area contributed by atoms with Gasteiger partial charge in [0, 0.05) is 19.0 Å². The van der Waals surface area contributed by atoms with Crippen molar-refractivity contribution in [3.05, 3.63) is 29.8 Å². The Morgan fingerprint density at radius 2 is 1.96 bits per heavy atom. The monoisotopic (exact) mass is 316 g/mol. The molecular weight excluding hydrogens is 292 g/mol. The highest BCUT2D eigenvalue weighted by atomic mass is 16.5. The minimum Gasteiger partial charge on any atom is -0.497 e. The Hall–Kier alpha value is -2.04. The van der Waals surface area contributed by atoms with E-state index in [0.29, 0.717) is 25.4 Å². The molecule has 1 aromatic carbocycles. The molecular formula is C18H24N2O3. The number of rotatable bonds is 5. The summed E-state index contributed by atoms with van der Waals surface area (Å²) >= 11 is 0. The molecule has 124 valence electrons. The molecule has 3 rings (SSSR count). The van der Waals surface area contributed by atoms with E-state index < -0.39 is 0 Å². The summed E-state index contributed by atoms with van der Waals surface area (Å²) in [6, 6.07) is 7.85. The molecule has 1 N–H and O–H groups in total. The predicted octanol–water partition coefficient (Wildman–Crippen LogP) is 2.27. The maximum absolute atomic E-state index is 12.6. The lowest BCUT2D eigenvalue weighted by molar-refractivity contribution is -0.143. The van der Waals surface area contributed by atoms with Crippen molar-refractivity contribution in [1.82, 2.24) is 10.2 Å². The number of ether oxygens (including phenoxy) is 1. The van der Waals surface area contributed by atoms with Gasteiger partial charge in [-0.05, 0) is 43.9 Å². The molecule has 1 saturated heterocycles. The molecule has 0 spiro atoms. The van der Waals surface area contributed by atoms with Gasteiger partial charge >= 0.3 is 0 Å². The van der Waals surface area contributed by atoms with E-state index in [-0.39, 0.29) is 23.8 Å². The van der Waals surface area contributed by atoms with Gasteiger partial charge in [-0.1, -0.05) is 12.1 Å². The number of amides is 2. The number of hydrogen-bond acceptors (Lipinski definition) is 3. The van der Waals surface area contributed by atoms with Gasteiger partial charge in [-0.3, -0.25) is 9.59 Å². The summed E-state index contributed by atoms with van der Waals surface area (Å²) in [4.78, 5) is 26.8. The number of hydrogen-bond donors (Lipinski definition) is 1. The van der Waals surface area contributed by atoms with E-state index in [9.17, 15) is 9.59 Å². The topological polar surface area (TPSA) is 58.6 Å². The highest BCUT2D eigenvalue weighted by Crippen LogP contribution is 2.37. The van der Waals surface area contributed by atoms with Crippen LogP contribution in [-0.2, 0) is 9.59 Å². The molecule has 5 heteroatoms.